The Morgan fingerprint density at radius 3 is 1.91 bits per heavy atom. The summed E-state index contributed by atoms with van der Waals surface area (Å²) in [5.41, 5.74) is 0. The first-order valence-electron chi connectivity index (χ1n) is 9.83. The molecule has 1 atom stereocenters. The molecule has 0 radical (unpaired) electrons. The van der Waals surface area contributed by atoms with E-state index in [0.717, 1.165) is 25.4 Å². The second-order valence-corrected chi connectivity index (χ2v) is 6.59. The largest absolute Gasteiger partial charge is 0.481 e. The predicted octanol–water partition coefficient (Wildman–Crippen LogP) is 6.40. The van der Waals surface area contributed by atoms with Crippen molar-refractivity contribution < 1.29 is 9.47 Å². The molecule has 0 N–H and O–H groups in total. The van der Waals surface area contributed by atoms with E-state index >= 15 is 0 Å². The second kappa shape index (κ2) is 14.1. The van der Waals surface area contributed by atoms with Crippen LogP contribution in [-0.2, 0) is 9.47 Å². The lowest BCUT2D eigenvalue weighted by atomic mass is 10.1. The molecule has 130 valence electrons. The molecule has 1 aliphatic rings. The zero-order valence-corrected chi connectivity index (χ0v) is 15.1. The van der Waals surface area contributed by atoms with Gasteiger partial charge in [0.05, 0.1) is 6.61 Å². The van der Waals surface area contributed by atoms with E-state index in [1.165, 1.54) is 77.0 Å². The van der Waals surface area contributed by atoms with Crippen LogP contribution in [0.25, 0.3) is 0 Å². The van der Waals surface area contributed by atoms with Crippen LogP contribution >= 0.6 is 0 Å². The maximum Gasteiger partial charge on any atom is 0.178 e. The fourth-order valence-electron chi connectivity index (χ4n) is 2.86. The van der Waals surface area contributed by atoms with Crippen LogP contribution < -0.4 is 0 Å². The Balaban J connectivity index is 1.68. The van der Waals surface area contributed by atoms with Crippen molar-refractivity contribution in [1.29, 1.82) is 0 Å². The summed E-state index contributed by atoms with van der Waals surface area (Å²) in [7, 11) is 0. The molecule has 1 fully saturated rings. The fourth-order valence-corrected chi connectivity index (χ4v) is 2.86. The van der Waals surface area contributed by atoms with Gasteiger partial charge in [0.1, 0.15) is 5.76 Å². The summed E-state index contributed by atoms with van der Waals surface area (Å²) in [6.45, 7) is 6.07. The summed E-state index contributed by atoms with van der Waals surface area (Å²) in [4.78, 5) is 0. The summed E-state index contributed by atoms with van der Waals surface area (Å²) < 4.78 is 11.1. The molecule has 1 heterocycles. The lowest BCUT2D eigenvalue weighted by molar-refractivity contribution is 0.113. The molecule has 2 nitrogen and oxygen atoms in total. The summed E-state index contributed by atoms with van der Waals surface area (Å²) in [5.74, 6) is 1.14. The fraction of sp³-hybridized carbons (Fsp3) is 0.900. The molecule has 1 unspecified atom stereocenters. The molecule has 0 aromatic heterocycles. The van der Waals surface area contributed by atoms with Crippen LogP contribution in [0.15, 0.2) is 11.8 Å². The van der Waals surface area contributed by atoms with Crippen LogP contribution in [-0.4, -0.2) is 19.3 Å². The first kappa shape index (κ1) is 19.5. The number of rotatable bonds is 16. The van der Waals surface area contributed by atoms with E-state index in [1.54, 1.807) is 0 Å². The Morgan fingerprint density at radius 1 is 0.818 bits per heavy atom. The van der Waals surface area contributed by atoms with E-state index in [1.807, 2.05) is 0 Å². The highest BCUT2D eigenvalue weighted by Gasteiger charge is 2.31. The Bertz CT molecular complexity index is 273. The summed E-state index contributed by atoms with van der Waals surface area (Å²) in [6.07, 6.45) is 20.2. The van der Waals surface area contributed by atoms with Crippen molar-refractivity contribution >= 4 is 0 Å². The highest BCUT2D eigenvalue weighted by Crippen LogP contribution is 2.27. The molecule has 0 spiro atoms. The number of epoxide rings is 1. The molecule has 0 aliphatic carbocycles. The zero-order valence-electron chi connectivity index (χ0n) is 15.1. The quantitative estimate of drug-likeness (QED) is 0.243. The number of allylic oxidation sites excluding steroid dienone is 1. The highest BCUT2D eigenvalue weighted by atomic mass is 16.6. The Kier molecular flexibility index (Phi) is 12.5. The van der Waals surface area contributed by atoms with E-state index in [2.05, 4.69) is 19.9 Å². The third kappa shape index (κ3) is 11.1. The molecule has 0 aromatic carbocycles. The molecule has 1 saturated heterocycles. The van der Waals surface area contributed by atoms with Gasteiger partial charge in [-0.2, -0.15) is 0 Å². The van der Waals surface area contributed by atoms with Gasteiger partial charge in [0.25, 0.3) is 0 Å². The van der Waals surface area contributed by atoms with E-state index in [9.17, 15) is 0 Å². The highest BCUT2D eigenvalue weighted by molar-refractivity contribution is 5.13. The maximum atomic E-state index is 5.66. The van der Waals surface area contributed by atoms with Gasteiger partial charge in [0, 0.05) is 6.61 Å². The minimum absolute atomic E-state index is 0.275. The first-order valence-corrected chi connectivity index (χ1v) is 9.83. The van der Waals surface area contributed by atoms with Gasteiger partial charge in [-0.25, -0.2) is 0 Å². The van der Waals surface area contributed by atoms with Crippen molar-refractivity contribution in [3.05, 3.63) is 11.8 Å². The third-order valence-electron chi connectivity index (χ3n) is 4.36. The monoisotopic (exact) mass is 310 g/mol. The molecular formula is C20H38O2. The molecule has 0 bridgehead atoms. The molecular weight excluding hydrogens is 272 g/mol. The Labute approximate surface area is 138 Å². The smallest absolute Gasteiger partial charge is 0.178 e. The van der Waals surface area contributed by atoms with Gasteiger partial charge in [0.15, 0.2) is 6.10 Å². The van der Waals surface area contributed by atoms with E-state index in [4.69, 9.17) is 9.47 Å². The average Bonchev–Trinajstić information content (AvgIpc) is 3.26. The van der Waals surface area contributed by atoms with Gasteiger partial charge in [-0.15, -0.1) is 0 Å². The van der Waals surface area contributed by atoms with Gasteiger partial charge in [0.2, 0.25) is 0 Å². The minimum atomic E-state index is 0.275. The standard InChI is InChI=1S/C20H38O2/c1-3-5-6-7-8-9-10-11-12-13-14-15-17-21-18-20-19(22-20)16-4-2/h16,20H,3-15,17-18H2,1-2H3. The number of ether oxygens (including phenoxy) is 2. The van der Waals surface area contributed by atoms with Gasteiger partial charge in [-0.05, 0) is 18.9 Å². The lowest BCUT2D eigenvalue weighted by Crippen LogP contribution is -2.02. The molecule has 1 rings (SSSR count). The Morgan fingerprint density at radius 2 is 1.36 bits per heavy atom. The van der Waals surface area contributed by atoms with E-state index in [0.29, 0.717) is 0 Å². The SMILES string of the molecule is CCC=C1OC1COCCCCCCCCCCCCCC. The van der Waals surface area contributed by atoms with Crippen LogP contribution in [0.1, 0.15) is 97.3 Å². The minimum Gasteiger partial charge on any atom is -0.481 e. The van der Waals surface area contributed by atoms with Gasteiger partial charge >= 0.3 is 0 Å². The maximum absolute atomic E-state index is 5.66. The van der Waals surface area contributed by atoms with Crippen molar-refractivity contribution in [3.63, 3.8) is 0 Å². The molecule has 0 aromatic rings. The van der Waals surface area contributed by atoms with Crippen molar-refractivity contribution in [2.24, 2.45) is 0 Å². The van der Waals surface area contributed by atoms with Crippen LogP contribution in [0.3, 0.4) is 0 Å². The molecule has 0 amide bonds. The predicted molar refractivity (Wildman–Crippen MR) is 95.1 cm³/mol. The Hall–Kier alpha value is -0.500. The van der Waals surface area contributed by atoms with Crippen LogP contribution in [0.2, 0.25) is 0 Å². The van der Waals surface area contributed by atoms with Gasteiger partial charge in [-0.1, -0.05) is 84.5 Å². The van der Waals surface area contributed by atoms with E-state index < -0.39 is 0 Å². The van der Waals surface area contributed by atoms with Crippen LogP contribution in [0, 0.1) is 0 Å². The molecule has 1 aliphatic heterocycles. The number of unbranched alkanes of at least 4 members (excludes halogenated alkanes) is 11. The first-order chi connectivity index (χ1) is 10.9. The van der Waals surface area contributed by atoms with E-state index in [-0.39, 0.29) is 6.10 Å². The molecule has 22 heavy (non-hydrogen) atoms. The number of hydrogen-bond acceptors (Lipinski definition) is 2. The van der Waals surface area contributed by atoms with Crippen LogP contribution in [0.5, 0.6) is 0 Å². The van der Waals surface area contributed by atoms with Crippen LogP contribution in [0.4, 0.5) is 0 Å². The van der Waals surface area contributed by atoms with Crippen molar-refractivity contribution in [3.8, 4) is 0 Å². The van der Waals surface area contributed by atoms with Gasteiger partial charge in [-0.3, -0.25) is 0 Å². The van der Waals surface area contributed by atoms with Crippen molar-refractivity contribution in [2.45, 2.75) is 103 Å². The summed E-state index contributed by atoms with van der Waals surface area (Å²) in [6, 6.07) is 0. The normalized spacial score (nSPS) is 18.6. The summed E-state index contributed by atoms with van der Waals surface area (Å²) >= 11 is 0. The molecule has 2 heteroatoms. The summed E-state index contributed by atoms with van der Waals surface area (Å²) in [5, 5.41) is 0. The number of hydrogen-bond donors (Lipinski definition) is 0. The van der Waals surface area contributed by atoms with Crippen molar-refractivity contribution in [2.75, 3.05) is 13.2 Å². The zero-order chi connectivity index (χ0) is 15.9. The van der Waals surface area contributed by atoms with Crippen molar-refractivity contribution in [1.82, 2.24) is 0 Å². The average molecular weight is 311 g/mol. The topological polar surface area (TPSA) is 21.8 Å². The second-order valence-electron chi connectivity index (χ2n) is 6.59. The third-order valence-corrected chi connectivity index (χ3v) is 4.36. The van der Waals surface area contributed by atoms with Gasteiger partial charge < -0.3 is 9.47 Å². The lowest BCUT2D eigenvalue weighted by Gasteiger charge is -2.03. The molecule has 0 saturated carbocycles.